The van der Waals surface area contributed by atoms with Crippen molar-refractivity contribution in [2.45, 2.75) is 32.6 Å². The molecule has 20 heavy (non-hydrogen) atoms. The minimum Gasteiger partial charge on any atom is -0.465 e. The van der Waals surface area contributed by atoms with E-state index in [0.717, 1.165) is 24.1 Å². The van der Waals surface area contributed by atoms with Gasteiger partial charge in [-0.15, -0.1) is 0 Å². The molecule has 0 radical (unpaired) electrons. The highest BCUT2D eigenvalue weighted by Crippen LogP contribution is 2.22. The fourth-order valence-electron chi connectivity index (χ4n) is 2.57. The molecule has 110 valence electrons. The molecule has 0 spiro atoms. The smallest absolute Gasteiger partial charge is 0.337 e. The minimum absolute atomic E-state index is 0.256. The summed E-state index contributed by atoms with van der Waals surface area (Å²) in [7, 11) is 1.39. The molecule has 0 saturated carbocycles. The average Bonchev–Trinajstić information content (AvgIpc) is 2.39. The summed E-state index contributed by atoms with van der Waals surface area (Å²) in [6.07, 6.45) is 0.513. The highest BCUT2D eigenvalue weighted by atomic mass is 79.9. The molecular formula is C15H20BrNO3. The number of rotatable bonds is 3. The van der Waals surface area contributed by atoms with Crippen molar-refractivity contribution in [1.29, 1.82) is 0 Å². The number of nitrogens with zero attached hydrogens (tertiary/aromatic N) is 1. The van der Waals surface area contributed by atoms with Crippen molar-refractivity contribution >= 4 is 21.9 Å². The van der Waals surface area contributed by atoms with Gasteiger partial charge in [0.25, 0.3) is 0 Å². The van der Waals surface area contributed by atoms with Gasteiger partial charge in [-0.25, -0.2) is 4.79 Å². The first-order valence-electron chi connectivity index (χ1n) is 6.74. The first kappa shape index (κ1) is 15.5. The topological polar surface area (TPSA) is 38.8 Å². The number of carbonyl (C=O) groups is 1. The first-order valence-corrected chi connectivity index (χ1v) is 7.53. The first-order chi connectivity index (χ1) is 9.49. The van der Waals surface area contributed by atoms with E-state index in [1.165, 1.54) is 12.7 Å². The van der Waals surface area contributed by atoms with E-state index in [1.807, 2.05) is 12.1 Å². The van der Waals surface area contributed by atoms with Crippen LogP contribution in [-0.2, 0) is 16.0 Å². The number of halogens is 1. The lowest BCUT2D eigenvalue weighted by Crippen LogP contribution is -2.44. The van der Waals surface area contributed by atoms with Gasteiger partial charge in [-0.2, -0.15) is 0 Å². The van der Waals surface area contributed by atoms with Gasteiger partial charge in [-0.05, 0) is 31.5 Å². The lowest BCUT2D eigenvalue weighted by atomic mass is 10.1. The van der Waals surface area contributed by atoms with Crippen molar-refractivity contribution in [3.05, 3.63) is 33.8 Å². The standard InChI is InChI=1S/C15H20BrNO3/c1-10-7-17(8-11(2)20-10)9-13-5-4-12(6-14(13)16)15(18)19-3/h4-6,10-11H,7-9H2,1-3H3/t10-,11+. The molecule has 0 amide bonds. The summed E-state index contributed by atoms with van der Waals surface area (Å²) in [4.78, 5) is 13.9. The van der Waals surface area contributed by atoms with Crippen molar-refractivity contribution in [3.63, 3.8) is 0 Å². The minimum atomic E-state index is -0.314. The van der Waals surface area contributed by atoms with Gasteiger partial charge >= 0.3 is 5.97 Å². The Bertz CT molecular complexity index is 482. The highest BCUT2D eigenvalue weighted by Gasteiger charge is 2.22. The lowest BCUT2D eigenvalue weighted by molar-refractivity contribution is -0.0705. The maximum atomic E-state index is 11.5. The van der Waals surface area contributed by atoms with Gasteiger partial charge < -0.3 is 9.47 Å². The Hall–Kier alpha value is -0.910. The number of hydrogen-bond acceptors (Lipinski definition) is 4. The number of hydrogen-bond donors (Lipinski definition) is 0. The van der Waals surface area contributed by atoms with Crippen molar-refractivity contribution in [2.24, 2.45) is 0 Å². The van der Waals surface area contributed by atoms with E-state index >= 15 is 0 Å². The van der Waals surface area contributed by atoms with Crippen molar-refractivity contribution in [2.75, 3.05) is 20.2 Å². The third-order valence-corrected chi connectivity index (χ3v) is 4.10. The molecule has 1 saturated heterocycles. The Labute approximate surface area is 128 Å². The maximum Gasteiger partial charge on any atom is 0.337 e. The lowest BCUT2D eigenvalue weighted by Gasteiger charge is -2.35. The Morgan fingerprint density at radius 3 is 2.60 bits per heavy atom. The van der Waals surface area contributed by atoms with E-state index in [4.69, 9.17) is 9.47 Å². The summed E-state index contributed by atoms with van der Waals surface area (Å²) in [6.45, 7) is 6.89. The van der Waals surface area contributed by atoms with E-state index < -0.39 is 0 Å². The maximum absolute atomic E-state index is 11.5. The molecule has 0 bridgehead atoms. The van der Waals surface area contributed by atoms with Crippen LogP contribution in [0.3, 0.4) is 0 Å². The van der Waals surface area contributed by atoms with Gasteiger partial charge in [0.2, 0.25) is 0 Å². The second kappa shape index (κ2) is 6.70. The normalized spacial score (nSPS) is 23.6. The fraction of sp³-hybridized carbons (Fsp3) is 0.533. The number of methoxy groups -OCH3 is 1. The number of morpholine rings is 1. The van der Waals surface area contributed by atoms with E-state index in [0.29, 0.717) is 5.56 Å². The van der Waals surface area contributed by atoms with Crippen LogP contribution in [0.4, 0.5) is 0 Å². The third-order valence-electron chi connectivity index (χ3n) is 3.36. The van der Waals surface area contributed by atoms with Gasteiger partial charge in [0.15, 0.2) is 0 Å². The quantitative estimate of drug-likeness (QED) is 0.792. The largest absolute Gasteiger partial charge is 0.465 e. The van der Waals surface area contributed by atoms with Crippen LogP contribution in [0, 0.1) is 0 Å². The highest BCUT2D eigenvalue weighted by molar-refractivity contribution is 9.10. The summed E-state index contributed by atoms with van der Waals surface area (Å²) >= 11 is 3.54. The van der Waals surface area contributed by atoms with Crippen LogP contribution in [0.2, 0.25) is 0 Å². The zero-order valence-electron chi connectivity index (χ0n) is 12.1. The molecule has 2 rings (SSSR count). The molecule has 1 aliphatic rings. The van der Waals surface area contributed by atoms with E-state index in [2.05, 4.69) is 34.7 Å². The molecule has 1 aliphatic heterocycles. The molecule has 4 nitrogen and oxygen atoms in total. The van der Waals surface area contributed by atoms with Crippen LogP contribution in [0.15, 0.2) is 22.7 Å². The summed E-state index contributed by atoms with van der Waals surface area (Å²) in [5.41, 5.74) is 1.73. The zero-order chi connectivity index (χ0) is 14.7. The summed E-state index contributed by atoms with van der Waals surface area (Å²) < 4.78 is 11.4. The van der Waals surface area contributed by atoms with E-state index in [-0.39, 0.29) is 18.2 Å². The van der Waals surface area contributed by atoms with Crippen LogP contribution in [0.25, 0.3) is 0 Å². The molecule has 1 aromatic carbocycles. The summed E-state index contributed by atoms with van der Waals surface area (Å²) in [5, 5.41) is 0. The van der Waals surface area contributed by atoms with E-state index in [1.54, 1.807) is 6.07 Å². The predicted octanol–water partition coefficient (Wildman–Crippen LogP) is 2.84. The monoisotopic (exact) mass is 341 g/mol. The Balaban J connectivity index is 2.08. The van der Waals surface area contributed by atoms with Gasteiger partial charge in [0, 0.05) is 24.1 Å². The zero-order valence-corrected chi connectivity index (χ0v) is 13.6. The molecular weight excluding hydrogens is 322 g/mol. The Morgan fingerprint density at radius 2 is 2.05 bits per heavy atom. The summed E-state index contributed by atoms with van der Waals surface area (Å²) in [5.74, 6) is -0.314. The molecule has 2 atom stereocenters. The molecule has 1 aromatic rings. The molecule has 1 heterocycles. The predicted molar refractivity (Wildman–Crippen MR) is 80.8 cm³/mol. The van der Waals surface area contributed by atoms with Gasteiger partial charge in [0.1, 0.15) is 0 Å². The molecule has 0 unspecified atom stereocenters. The van der Waals surface area contributed by atoms with Crippen LogP contribution >= 0.6 is 15.9 Å². The average molecular weight is 342 g/mol. The summed E-state index contributed by atoms with van der Waals surface area (Å²) in [6, 6.07) is 5.59. The second-order valence-electron chi connectivity index (χ2n) is 5.25. The van der Waals surface area contributed by atoms with Crippen LogP contribution < -0.4 is 0 Å². The SMILES string of the molecule is COC(=O)c1ccc(CN2C[C@@H](C)O[C@@H](C)C2)c(Br)c1. The van der Waals surface area contributed by atoms with Crippen molar-refractivity contribution < 1.29 is 14.3 Å². The van der Waals surface area contributed by atoms with Gasteiger partial charge in [-0.1, -0.05) is 22.0 Å². The number of esters is 1. The molecule has 0 aromatic heterocycles. The number of ether oxygens (including phenoxy) is 2. The van der Waals surface area contributed by atoms with Crippen LogP contribution in [0.1, 0.15) is 29.8 Å². The number of benzene rings is 1. The van der Waals surface area contributed by atoms with Crippen molar-refractivity contribution in [3.8, 4) is 0 Å². The van der Waals surface area contributed by atoms with Gasteiger partial charge in [0.05, 0.1) is 24.9 Å². The Morgan fingerprint density at radius 1 is 1.40 bits per heavy atom. The molecule has 1 fully saturated rings. The fourth-order valence-corrected chi connectivity index (χ4v) is 3.08. The van der Waals surface area contributed by atoms with Gasteiger partial charge in [-0.3, -0.25) is 4.90 Å². The van der Waals surface area contributed by atoms with Crippen molar-refractivity contribution in [1.82, 2.24) is 4.90 Å². The third kappa shape index (κ3) is 3.81. The molecule has 0 aliphatic carbocycles. The molecule has 0 N–H and O–H groups in total. The number of carbonyl (C=O) groups excluding carboxylic acids is 1. The van der Waals surface area contributed by atoms with Crippen LogP contribution in [-0.4, -0.2) is 43.3 Å². The molecule has 5 heteroatoms. The second-order valence-corrected chi connectivity index (χ2v) is 6.10. The Kier molecular flexibility index (Phi) is 5.18. The van der Waals surface area contributed by atoms with Crippen LogP contribution in [0.5, 0.6) is 0 Å². The van der Waals surface area contributed by atoms with E-state index in [9.17, 15) is 4.79 Å².